The van der Waals surface area contributed by atoms with Crippen LogP contribution in [0.4, 0.5) is 5.69 Å². The summed E-state index contributed by atoms with van der Waals surface area (Å²) in [7, 11) is 1.36. The van der Waals surface area contributed by atoms with Crippen molar-refractivity contribution in [1.29, 1.82) is 0 Å². The Kier molecular flexibility index (Phi) is 6.52. The number of carbonyl (C=O) groups is 2. The fourth-order valence-corrected chi connectivity index (χ4v) is 1.90. The molecule has 0 bridgehead atoms. The van der Waals surface area contributed by atoms with Gasteiger partial charge in [0.1, 0.15) is 0 Å². The summed E-state index contributed by atoms with van der Waals surface area (Å²) in [5.74, 6) is -0.666. The van der Waals surface area contributed by atoms with E-state index in [1.807, 2.05) is 29.2 Å². The number of benzene rings is 1. The summed E-state index contributed by atoms with van der Waals surface area (Å²) in [5, 5.41) is 0. The van der Waals surface area contributed by atoms with Crippen LogP contribution in [-0.2, 0) is 20.9 Å². The topological polar surface area (TPSA) is 98.6 Å². The number of rotatable bonds is 8. The number of esters is 1. The zero-order valence-corrected chi connectivity index (χ0v) is 11.7. The van der Waals surface area contributed by atoms with E-state index in [9.17, 15) is 9.59 Å². The first-order valence-corrected chi connectivity index (χ1v) is 6.43. The Hall–Kier alpha value is -2.08. The molecule has 4 N–H and O–H groups in total. The van der Waals surface area contributed by atoms with E-state index in [1.54, 1.807) is 0 Å². The fraction of sp³-hybridized carbons (Fsp3) is 0.429. The lowest BCUT2D eigenvalue weighted by atomic mass is 10.1. The molecule has 0 saturated carbocycles. The van der Waals surface area contributed by atoms with Gasteiger partial charge in [-0.3, -0.25) is 14.5 Å². The van der Waals surface area contributed by atoms with Crippen molar-refractivity contribution in [3.8, 4) is 0 Å². The molecular weight excluding hydrogens is 258 g/mol. The highest BCUT2D eigenvalue weighted by Gasteiger charge is 2.11. The van der Waals surface area contributed by atoms with Crippen LogP contribution in [-0.4, -0.2) is 37.0 Å². The van der Waals surface area contributed by atoms with E-state index < -0.39 is 5.91 Å². The maximum absolute atomic E-state index is 11.1. The first kappa shape index (κ1) is 16.0. The van der Waals surface area contributed by atoms with Gasteiger partial charge in [-0.15, -0.1) is 0 Å². The van der Waals surface area contributed by atoms with Crippen molar-refractivity contribution < 1.29 is 14.3 Å². The second-order valence-electron chi connectivity index (χ2n) is 4.56. The van der Waals surface area contributed by atoms with Crippen LogP contribution in [0.3, 0.4) is 0 Å². The summed E-state index contributed by atoms with van der Waals surface area (Å²) in [5.41, 5.74) is 12.7. The van der Waals surface area contributed by atoms with Crippen LogP contribution in [0, 0.1) is 0 Å². The van der Waals surface area contributed by atoms with Gasteiger partial charge < -0.3 is 16.2 Å². The number of anilines is 1. The van der Waals surface area contributed by atoms with E-state index in [1.165, 1.54) is 7.11 Å². The Bertz CT molecular complexity index is 463. The minimum absolute atomic E-state index is 0.134. The fourth-order valence-electron chi connectivity index (χ4n) is 1.90. The number of ether oxygens (including phenoxy) is 1. The smallest absolute Gasteiger partial charge is 0.305 e. The SMILES string of the molecule is COC(=O)CCCN(CC(N)=O)Cc1ccccc1N. The highest BCUT2D eigenvalue weighted by molar-refractivity contribution is 5.76. The van der Waals surface area contributed by atoms with Crippen molar-refractivity contribution in [3.63, 3.8) is 0 Å². The molecule has 1 aromatic carbocycles. The standard InChI is InChI=1S/C14H21N3O3/c1-20-14(19)7-4-8-17(10-13(16)18)9-11-5-2-3-6-12(11)15/h2-3,5-6H,4,7-10,15H2,1H3,(H2,16,18). The number of nitrogens with two attached hydrogens (primary N) is 2. The van der Waals surface area contributed by atoms with Gasteiger partial charge in [0.25, 0.3) is 0 Å². The van der Waals surface area contributed by atoms with Crippen LogP contribution in [0.1, 0.15) is 18.4 Å². The second-order valence-corrected chi connectivity index (χ2v) is 4.56. The summed E-state index contributed by atoms with van der Waals surface area (Å²) in [6.45, 7) is 1.23. The Morgan fingerprint density at radius 1 is 1.30 bits per heavy atom. The summed E-state index contributed by atoms with van der Waals surface area (Å²) in [6, 6.07) is 7.47. The molecule has 0 aliphatic heterocycles. The van der Waals surface area contributed by atoms with Crippen LogP contribution < -0.4 is 11.5 Å². The van der Waals surface area contributed by atoms with Crippen LogP contribution in [0.15, 0.2) is 24.3 Å². The minimum atomic E-state index is -0.405. The average Bonchev–Trinajstić information content (AvgIpc) is 2.40. The molecule has 20 heavy (non-hydrogen) atoms. The molecule has 0 aromatic heterocycles. The molecule has 6 heteroatoms. The first-order chi connectivity index (χ1) is 9.52. The molecule has 0 spiro atoms. The number of methoxy groups -OCH3 is 1. The van der Waals surface area contributed by atoms with Gasteiger partial charge in [0.2, 0.25) is 5.91 Å². The van der Waals surface area contributed by atoms with Gasteiger partial charge >= 0.3 is 5.97 Å². The van der Waals surface area contributed by atoms with Crippen molar-refractivity contribution in [3.05, 3.63) is 29.8 Å². The summed E-state index contributed by atoms with van der Waals surface area (Å²) >= 11 is 0. The zero-order valence-electron chi connectivity index (χ0n) is 11.7. The van der Waals surface area contributed by atoms with Crippen LogP contribution in [0.2, 0.25) is 0 Å². The molecular formula is C14H21N3O3. The Morgan fingerprint density at radius 2 is 2.00 bits per heavy atom. The lowest BCUT2D eigenvalue weighted by Gasteiger charge is -2.21. The van der Waals surface area contributed by atoms with Gasteiger partial charge in [0.15, 0.2) is 0 Å². The van der Waals surface area contributed by atoms with Gasteiger partial charge in [-0.25, -0.2) is 0 Å². The molecule has 1 aromatic rings. The molecule has 1 amide bonds. The van der Waals surface area contributed by atoms with E-state index in [0.29, 0.717) is 31.6 Å². The number of nitrogen functional groups attached to an aromatic ring is 1. The van der Waals surface area contributed by atoms with E-state index >= 15 is 0 Å². The lowest BCUT2D eigenvalue weighted by Crippen LogP contribution is -2.34. The second kappa shape index (κ2) is 8.16. The monoisotopic (exact) mass is 279 g/mol. The van der Waals surface area contributed by atoms with Crippen LogP contribution in [0.5, 0.6) is 0 Å². The molecule has 6 nitrogen and oxygen atoms in total. The van der Waals surface area contributed by atoms with Crippen molar-refractivity contribution >= 4 is 17.6 Å². The first-order valence-electron chi connectivity index (χ1n) is 6.43. The molecule has 0 aliphatic carbocycles. The van der Waals surface area contributed by atoms with E-state index in [4.69, 9.17) is 11.5 Å². The number of amides is 1. The minimum Gasteiger partial charge on any atom is -0.469 e. The predicted octanol–water partition coefficient (Wildman–Crippen LogP) is 0.509. The van der Waals surface area contributed by atoms with Gasteiger partial charge in [0.05, 0.1) is 13.7 Å². The van der Waals surface area contributed by atoms with Crippen molar-refractivity contribution in [2.24, 2.45) is 5.73 Å². The number of nitrogens with zero attached hydrogens (tertiary/aromatic N) is 1. The molecule has 0 unspecified atom stereocenters. The highest BCUT2D eigenvalue weighted by Crippen LogP contribution is 2.13. The molecule has 0 atom stereocenters. The third-order valence-corrected chi connectivity index (χ3v) is 2.91. The maximum atomic E-state index is 11.1. The normalized spacial score (nSPS) is 10.5. The quantitative estimate of drug-likeness (QED) is 0.533. The van der Waals surface area contributed by atoms with E-state index in [2.05, 4.69) is 4.74 Å². The van der Waals surface area contributed by atoms with Gasteiger partial charge in [-0.1, -0.05) is 18.2 Å². The largest absolute Gasteiger partial charge is 0.469 e. The summed E-state index contributed by atoms with van der Waals surface area (Å²) < 4.78 is 4.58. The number of para-hydroxylation sites is 1. The number of primary amides is 1. The molecule has 1 rings (SSSR count). The predicted molar refractivity (Wildman–Crippen MR) is 76.6 cm³/mol. The molecule has 0 saturated heterocycles. The van der Waals surface area contributed by atoms with Crippen molar-refractivity contribution in [2.75, 3.05) is 25.9 Å². The number of hydrogen-bond donors (Lipinski definition) is 2. The summed E-state index contributed by atoms with van der Waals surface area (Å²) in [6.07, 6.45) is 0.919. The van der Waals surface area contributed by atoms with Gasteiger partial charge in [0, 0.05) is 18.7 Å². The number of hydrogen-bond acceptors (Lipinski definition) is 5. The molecule has 0 fully saturated rings. The molecule has 110 valence electrons. The van der Waals surface area contributed by atoms with Crippen LogP contribution >= 0.6 is 0 Å². The Labute approximate surface area is 118 Å². The van der Waals surface area contributed by atoms with Crippen molar-refractivity contribution in [1.82, 2.24) is 4.90 Å². The maximum Gasteiger partial charge on any atom is 0.305 e. The lowest BCUT2D eigenvalue weighted by molar-refractivity contribution is -0.140. The molecule has 0 radical (unpaired) electrons. The molecule has 0 aliphatic rings. The highest BCUT2D eigenvalue weighted by atomic mass is 16.5. The van der Waals surface area contributed by atoms with E-state index in [0.717, 1.165) is 5.56 Å². The Balaban J connectivity index is 2.58. The van der Waals surface area contributed by atoms with E-state index in [-0.39, 0.29) is 12.5 Å². The average molecular weight is 279 g/mol. The zero-order chi connectivity index (χ0) is 15.0. The summed E-state index contributed by atoms with van der Waals surface area (Å²) in [4.78, 5) is 24.0. The Morgan fingerprint density at radius 3 is 2.60 bits per heavy atom. The third-order valence-electron chi connectivity index (χ3n) is 2.91. The van der Waals surface area contributed by atoms with Crippen LogP contribution in [0.25, 0.3) is 0 Å². The van der Waals surface area contributed by atoms with Gasteiger partial charge in [-0.05, 0) is 24.6 Å². The third kappa shape index (κ3) is 5.71. The van der Waals surface area contributed by atoms with Gasteiger partial charge in [-0.2, -0.15) is 0 Å². The van der Waals surface area contributed by atoms with Crippen molar-refractivity contribution in [2.45, 2.75) is 19.4 Å². The molecule has 0 heterocycles. The number of carbonyl (C=O) groups excluding carboxylic acids is 2.